The molecule has 0 N–H and O–H groups in total. The predicted molar refractivity (Wildman–Crippen MR) is 150 cm³/mol. The molecule has 0 unspecified atom stereocenters. The van der Waals surface area contributed by atoms with Gasteiger partial charge in [0.2, 0.25) is 5.91 Å². The molecule has 37 heavy (non-hydrogen) atoms. The summed E-state index contributed by atoms with van der Waals surface area (Å²) in [7, 11) is 0. The van der Waals surface area contributed by atoms with Gasteiger partial charge in [-0.25, -0.2) is 0 Å². The van der Waals surface area contributed by atoms with Gasteiger partial charge in [0, 0.05) is 36.9 Å². The highest BCUT2D eigenvalue weighted by molar-refractivity contribution is 7.15. The number of nitrogens with zero attached hydrogens (tertiary/aromatic N) is 2. The summed E-state index contributed by atoms with van der Waals surface area (Å²) in [5.74, 6) is 7.07. The number of hydrogen-bond donors (Lipinski definition) is 0. The lowest BCUT2D eigenvalue weighted by Crippen LogP contribution is -2.46. The lowest BCUT2D eigenvalue weighted by atomic mass is 9.82. The zero-order valence-electron chi connectivity index (χ0n) is 22.7. The van der Waals surface area contributed by atoms with Crippen molar-refractivity contribution in [3.63, 3.8) is 0 Å². The van der Waals surface area contributed by atoms with Crippen LogP contribution < -0.4 is 4.90 Å². The van der Waals surface area contributed by atoms with Gasteiger partial charge in [0.1, 0.15) is 0 Å². The van der Waals surface area contributed by atoms with Crippen LogP contribution in [-0.2, 0) is 4.79 Å². The van der Waals surface area contributed by atoms with Crippen molar-refractivity contribution in [2.75, 3.05) is 18.0 Å². The van der Waals surface area contributed by atoms with E-state index in [4.69, 9.17) is 0 Å². The van der Waals surface area contributed by atoms with E-state index in [0.717, 1.165) is 30.6 Å². The summed E-state index contributed by atoms with van der Waals surface area (Å²) in [6, 6.07) is 11.0. The highest BCUT2D eigenvalue weighted by Crippen LogP contribution is 2.38. The molecule has 1 aromatic heterocycles. The topological polar surface area (TPSA) is 57.7 Å². The Morgan fingerprint density at radius 2 is 1.70 bits per heavy atom. The van der Waals surface area contributed by atoms with Crippen LogP contribution in [0, 0.1) is 29.1 Å². The summed E-state index contributed by atoms with van der Waals surface area (Å²) >= 11 is 1.37. The number of amides is 2. The molecule has 2 aromatic rings. The van der Waals surface area contributed by atoms with Gasteiger partial charge >= 0.3 is 0 Å². The first-order chi connectivity index (χ1) is 17.5. The van der Waals surface area contributed by atoms with Crippen LogP contribution in [0.15, 0.2) is 36.4 Å². The van der Waals surface area contributed by atoms with Crippen molar-refractivity contribution in [1.82, 2.24) is 4.90 Å². The Morgan fingerprint density at radius 1 is 1.03 bits per heavy atom. The Balaban J connectivity index is 1.69. The van der Waals surface area contributed by atoms with E-state index < -0.39 is 0 Å². The zero-order valence-corrected chi connectivity index (χ0v) is 23.5. The van der Waals surface area contributed by atoms with Crippen molar-refractivity contribution in [1.29, 1.82) is 0 Å². The van der Waals surface area contributed by atoms with E-state index in [2.05, 4.69) is 39.5 Å². The normalized spacial score (nSPS) is 21.8. The highest BCUT2D eigenvalue weighted by Gasteiger charge is 2.39. The number of Topliss-reactive ketones (excluding diaryl/α,β-unsaturated/α-hetero) is 1. The fourth-order valence-corrected chi connectivity index (χ4v) is 6.12. The number of thiophene rings is 1. The maximum Gasteiger partial charge on any atom is 0.253 e. The summed E-state index contributed by atoms with van der Waals surface area (Å²) in [6.07, 6.45) is 4.50. The second-order valence-electron chi connectivity index (χ2n) is 11.6. The van der Waals surface area contributed by atoms with Gasteiger partial charge in [-0.3, -0.25) is 14.4 Å². The molecule has 0 bridgehead atoms. The largest absolute Gasteiger partial charge is 0.336 e. The minimum atomic E-state index is -0.171. The van der Waals surface area contributed by atoms with Gasteiger partial charge in [0.05, 0.1) is 21.5 Å². The number of carbonyl (C=O) groups excluding carboxylic acids is 3. The van der Waals surface area contributed by atoms with Crippen LogP contribution in [-0.4, -0.2) is 41.6 Å². The summed E-state index contributed by atoms with van der Waals surface area (Å²) < 4.78 is 0. The molecule has 2 heterocycles. The first kappa shape index (κ1) is 27.1. The highest BCUT2D eigenvalue weighted by atomic mass is 32.1. The monoisotopic (exact) mass is 518 g/mol. The third-order valence-corrected chi connectivity index (χ3v) is 8.43. The third kappa shape index (κ3) is 6.51. The molecule has 196 valence electrons. The minimum absolute atomic E-state index is 0.0177. The average molecular weight is 519 g/mol. The standard InChI is InChI=1S/C31H38N2O3S/c1-21-11-13-24(14-12-21)30(36)33(25-16-18-32(20-25)29(35)23-9-7-6-8-10-23)27-19-26(15-17-31(3,4)5)37-28(27)22(2)34/h6-10,19,21,24-25H,11-14,16,18,20H2,1-5H3/t21?,24?,25-/m0/s1. The van der Waals surface area contributed by atoms with E-state index in [1.54, 1.807) is 6.92 Å². The number of likely N-dealkylation sites (tertiary alicyclic amines) is 1. The molecule has 1 atom stereocenters. The first-order valence-corrected chi connectivity index (χ1v) is 14.2. The number of ketones is 1. The molecule has 1 aliphatic heterocycles. The second-order valence-corrected chi connectivity index (χ2v) is 12.7. The molecule has 2 fully saturated rings. The van der Waals surface area contributed by atoms with Gasteiger partial charge in [0.15, 0.2) is 5.78 Å². The fraction of sp³-hybridized carbons (Fsp3) is 0.516. The van der Waals surface area contributed by atoms with Crippen molar-refractivity contribution in [2.24, 2.45) is 17.3 Å². The Bertz CT molecular complexity index is 1210. The van der Waals surface area contributed by atoms with Gasteiger partial charge in [0.25, 0.3) is 5.91 Å². The minimum Gasteiger partial charge on any atom is -0.336 e. The van der Waals surface area contributed by atoms with Gasteiger partial charge in [-0.2, -0.15) is 0 Å². The molecule has 1 aromatic carbocycles. The van der Waals surface area contributed by atoms with E-state index in [0.29, 0.717) is 41.6 Å². The lowest BCUT2D eigenvalue weighted by molar-refractivity contribution is -0.124. The van der Waals surface area contributed by atoms with Gasteiger partial charge in [-0.1, -0.05) is 37.0 Å². The molecular formula is C31H38N2O3S. The Labute approximate surface area is 225 Å². The Kier molecular flexibility index (Phi) is 8.23. The first-order valence-electron chi connectivity index (χ1n) is 13.4. The predicted octanol–water partition coefficient (Wildman–Crippen LogP) is 6.42. The van der Waals surface area contributed by atoms with E-state index >= 15 is 0 Å². The number of anilines is 1. The molecule has 2 amide bonds. The van der Waals surface area contributed by atoms with Crippen LogP contribution >= 0.6 is 11.3 Å². The second kappa shape index (κ2) is 11.2. The van der Waals surface area contributed by atoms with Gasteiger partial charge in [-0.15, -0.1) is 11.3 Å². The van der Waals surface area contributed by atoms with Crippen molar-refractivity contribution in [2.45, 2.75) is 72.8 Å². The van der Waals surface area contributed by atoms with Crippen LogP contribution in [0.25, 0.3) is 0 Å². The molecule has 1 saturated carbocycles. The molecule has 2 aliphatic rings. The molecule has 6 heteroatoms. The van der Waals surface area contributed by atoms with Crippen LogP contribution in [0.3, 0.4) is 0 Å². The van der Waals surface area contributed by atoms with Crippen molar-refractivity contribution < 1.29 is 14.4 Å². The quantitative estimate of drug-likeness (QED) is 0.339. The number of hydrogen-bond acceptors (Lipinski definition) is 4. The van der Waals surface area contributed by atoms with E-state index in [1.807, 2.05) is 46.2 Å². The molecule has 0 spiro atoms. The van der Waals surface area contributed by atoms with Crippen molar-refractivity contribution >= 4 is 34.6 Å². The lowest BCUT2D eigenvalue weighted by Gasteiger charge is -2.34. The number of rotatable bonds is 5. The number of carbonyl (C=O) groups is 3. The summed E-state index contributed by atoms with van der Waals surface area (Å²) in [6.45, 7) is 11.0. The summed E-state index contributed by atoms with van der Waals surface area (Å²) in [5, 5.41) is 0. The average Bonchev–Trinajstić information content (AvgIpc) is 3.51. The van der Waals surface area contributed by atoms with E-state index in [1.165, 1.54) is 11.3 Å². The molecule has 4 rings (SSSR count). The van der Waals surface area contributed by atoms with E-state index in [9.17, 15) is 14.4 Å². The van der Waals surface area contributed by atoms with Crippen LogP contribution in [0.5, 0.6) is 0 Å². The summed E-state index contributed by atoms with van der Waals surface area (Å²) in [5.41, 5.74) is 1.15. The van der Waals surface area contributed by atoms with E-state index in [-0.39, 0.29) is 35.0 Å². The molecular weight excluding hydrogens is 480 g/mol. The molecule has 1 saturated heterocycles. The Morgan fingerprint density at radius 3 is 2.32 bits per heavy atom. The molecule has 5 nitrogen and oxygen atoms in total. The van der Waals surface area contributed by atoms with Crippen LogP contribution in [0.4, 0.5) is 5.69 Å². The maximum absolute atomic E-state index is 14.1. The fourth-order valence-electron chi connectivity index (χ4n) is 5.22. The smallest absolute Gasteiger partial charge is 0.253 e. The SMILES string of the molecule is CC(=O)c1sc(C#CC(C)(C)C)cc1N(C(=O)C1CCC(C)CC1)[C@H]1CCN(C(=O)c2ccccc2)C1. The van der Waals surface area contributed by atoms with Crippen LogP contribution in [0.1, 0.15) is 91.6 Å². The van der Waals surface area contributed by atoms with Crippen molar-refractivity contribution in [3.05, 3.63) is 51.7 Å². The zero-order chi connectivity index (χ0) is 26.7. The van der Waals surface area contributed by atoms with Gasteiger partial charge in [-0.05, 0) is 77.0 Å². The summed E-state index contributed by atoms with van der Waals surface area (Å²) in [4.78, 5) is 45.1. The molecule has 0 radical (unpaired) electrons. The third-order valence-electron chi connectivity index (χ3n) is 7.29. The number of benzene rings is 1. The maximum atomic E-state index is 14.1. The Hall–Kier alpha value is -2.91. The van der Waals surface area contributed by atoms with Gasteiger partial charge < -0.3 is 9.80 Å². The molecule has 1 aliphatic carbocycles. The van der Waals surface area contributed by atoms with Crippen LogP contribution in [0.2, 0.25) is 0 Å². The van der Waals surface area contributed by atoms with Crippen molar-refractivity contribution in [3.8, 4) is 11.8 Å².